The fraction of sp³-hybridized carbons (Fsp3) is 0.455. The van der Waals surface area contributed by atoms with Crippen LogP contribution < -0.4 is 11.1 Å². The van der Waals surface area contributed by atoms with Gasteiger partial charge >= 0.3 is 0 Å². The lowest BCUT2D eigenvalue weighted by Crippen LogP contribution is -2.27. The Morgan fingerprint density at radius 3 is 2.92 bits per heavy atom. The van der Waals surface area contributed by atoms with Gasteiger partial charge in [0.2, 0.25) is 0 Å². The second-order valence-corrected chi connectivity index (χ2v) is 4.38. The largest absolute Gasteiger partial charge is 0.380 e. The van der Waals surface area contributed by atoms with Crippen LogP contribution in [-0.4, -0.2) is 5.54 Å². The fourth-order valence-electron chi connectivity index (χ4n) is 1.91. The van der Waals surface area contributed by atoms with Gasteiger partial charge in [0.25, 0.3) is 0 Å². The molecular formula is C11H16N2. The molecule has 3 N–H and O–H groups in total. The van der Waals surface area contributed by atoms with E-state index in [1.54, 1.807) is 0 Å². The third-order valence-corrected chi connectivity index (χ3v) is 2.52. The maximum Gasteiger partial charge on any atom is 0.0381 e. The smallest absolute Gasteiger partial charge is 0.0381 e. The number of nitrogens with two attached hydrogens (primary N) is 1. The van der Waals surface area contributed by atoms with Crippen molar-refractivity contribution in [1.82, 2.24) is 0 Å². The quantitative estimate of drug-likeness (QED) is 0.685. The average Bonchev–Trinajstić information content (AvgIpc) is 2.36. The summed E-state index contributed by atoms with van der Waals surface area (Å²) in [6.45, 7) is 5.06. The monoisotopic (exact) mass is 176 g/mol. The van der Waals surface area contributed by atoms with Crippen molar-refractivity contribution in [1.29, 1.82) is 0 Å². The lowest BCUT2D eigenvalue weighted by Gasteiger charge is -2.17. The van der Waals surface area contributed by atoms with E-state index >= 15 is 0 Å². The molecule has 1 aliphatic rings. The summed E-state index contributed by atoms with van der Waals surface area (Å²) in [5, 5.41) is 3.49. The van der Waals surface area contributed by atoms with Gasteiger partial charge in [-0.25, -0.2) is 0 Å². The van der Waals surface area contributed by atoms with Crippen LogP contribution in [-0.2, 0) is 13.0 Å². The summed E-state index contributed by atoms with van der Waals surface area (Å²) in [6, 6.07) is 6.45. The van der Waals surface area contributed by atoms with Crippen LogP contribution in [0.5, 0.6) is 0 Å². The molecule has 2 rings (SSSR count). The van der Waals surface area contributed by atoms with Crippen molar-refractivity contribution >= 4 is 5.69 Å². The second kappa shape index (κ2) is 2.74. The van der Waals surface area contributed by atoms with Gasteiger partial charge in [-0.2, -0.15) is 0 Å². The molecule has 13 heavy (non-hydrogen) atoms. The first-order valence-corrected chi connectivity index (χ1v) is 4.71. The predicted molar refractivity (Wildman–Crippen MR) is 55.7 cm³/mol. The summed E-state index contributed by atoms with van der Waals surface area (Å²) in [5.74, 6) is 0. The van der Waals surface area contributed by atoms with Crippen molar-refractivity contribution < 1.29 is 0 Å². The number of hydrogen-bond acceptors (Lipinski definition) is 2. The van der Waals surface area contributed by atoms with Crippen molar-refractivity contribution in [3.8, 4) is 0 Å². The first kappa shape index (κ1) is 8.57. The number of rotatable bonds is 1. The third-order valence-electron chi connectivity index (χ3n) is 2.52. The van der Waals surface area contributed by atoms with E-state index in [4.69, 9.17) is 5.73 Å². The Balaban J connectivity index is 2.36. The molecule has 0 bridgehead atoms. The minimum absolute atomic E-state index is 0.204. The van der Waals surface area contributed by atoms with Crippen LogP contribution in [0.3, 0.4) is 0 Å². The molecule has 0 saturated carbocycles. The average molecular weight is 176 g/mol. The van der Waals surface area contributed by atoms with Crippen LogP contribution >= 0.6 is 0 Å². The third kappa shape index (κ3) is 1.54. The molecule has 70 valence electrons. The summed E-state index contributed by atoms with van der Waals surface area (Å²) in [7, 11) is 0. The van der Waals surface area contributed by atoms with Gasteiger partial charge in [-0.3, -0.25) is 0 Å². The van der Waals surface area contributed by atoms with E-state index in [0.717, 1.165) is 6.42 Å². The van der Waals surface area contributed by atoms with Crippen molar-refractivity contribution in [2.24, 2.45) is 5.73 Å². The molecule has 1 aromatic rings. The maximum atomic E-state index is 5.58. The summed E-state index contributed by atoms with van der Waals surface area (Å²) in [4.78, 5) is 0. The Hall–Kier alpha value is -1.02. The maximum absolute atomic E-state index is 5.58. The Morgan fingerprint density at radius 1 is 1.46 bits per heavy atom. The summed E-state index contributed by atoms with van der Waals surface area (Å²) >= 11 is 0. The van der Waals surface area contributed by atoms with Crippen molar-refractivity contribution in [3.05, 3.63) is 29.3 Å². The highest BCUT2D eigenvalue weighted by Crippen LogP contribution is 2.32. The molecule has 1 heterocycles. The molecule has 1 aliphatic heterocycles. The van der Waals surface area contributed by atoms with Crippen LogP contribution in [0.15, 0.2) is 18.2 Å². The van der Waals surface area contributed by atoms with Crippen LogP contribution in [0.2, 0.25) is 0 Å². The van der Waals surface area contributed by atoms with Crippen molar-refractivity contribution in [3.63, 3.8) is 0 Å². The van der Waals surface area contributed by atoms with E-state index in [1.165, 1.54) is 16.8 Å². The number of nitrogens with one attached hydrogen (secondary N) is 1. The Morgan fingerprint density at radius 2 is 2.23 bits per heavy atom. The van der Waals surface area contributed by atoms with Gasteiger partial charge in [-0.05, 0) is 37.5 Å². The molecule has 1 aromatic carbocycles. The minimum atomic E-state index is 0.204. The number of fused-ring (bicyclic) bond motifs is 1. The van der Waals surface area contributed by atoms with E-state index in [-0.39, 0.29) is 5.54 Å². The molecule has 0 amide bonds. The van der Waals surface area contributed by atoms with E-state index in [2.05, 4.69) is 37.4 Å². The molecule has 0 saturated heterocycles. The Labute approximate surface area is 79.1 Å². The van der Waals surface area contributed by atoms with Crippen LogP contribution in [0.4, 0.5) is 5.69 Å². The Kier molecular flexibility index (Phi) is 1.81. The van der Waals surface area contributed by atoms with Gasteiger partial charge in [0.15, 0.2) is 0 Å². The fourth-order valence-corrected chi connectivity index (χ4v) is 1.91. The lowest BCUT2D eigenvalue weighted by atomic mass is 10.00. The molecule has 0 unspecified atom stereocenters. The van der Waals surface area contributed by atoms with Gasteiger partial charge in [0.1, 0.15) is 0 Å². The minimum Gasteiger partial charge on any atom is -0.380 e. The standard InChI is InChI=1S/C11H16N2/c1-11(2)6-9-4-3-8(7-12)5-10(9)13-11/h3-5,13H,6-7,12H2,1-2H3. The van der Waals surface area contributed by atoms with Crippen LogP contribution in [0, 0.1) is 0 Å². The summed E-state index contributed by atoms with van der Waals surface area (Å²) in [5.41, 5.74) is 9.65. The second-order valence-electron chi connectivity index (χ2n) is 4.38. The van der Waals surface area contributed by atoms with Crippen LogP contribution in [0.25, 0.3) is 0 Å². The molecule has 0 radical (unpaired) electrons. The van der Waals surface area contributed by atoms with Gasteiger partial charge < -0.3 is 11.1 Å². The zero-order valence-electron chi connectivity index (χ0n) is 8.22. The zero-order chi connectivity index (χ0) is 9.47. The lowest BCUT2D eigenvalue weighted by molar-refractivity contribution is 0.594. The molecule has 0 aromatic heterocycles. The van der Waals surface area contributed by atoms with Gasteiger partial charge in [0.05, 0.1) is 0 Å². The highest BCUT2D eigenvalue weighted by atomic mass is 15.0. The molecular weight excluding hydrogens is 160 g/mol. The molecule has 2 heteroatoms. The predicted octanol–water partition coefficient (Wildman–Crippen LogP) is 1.89. The number of hydrogen-bond donors (Lipinski definition) is 2. The van der Waals surface area contributed by atoms with E-state index < -0.39 is 0 Å². The van der Waals surface area contributed by atoms with E-state index in [1.807, 2.05) is 0 Å². The van der Waals surface area contributed by atoms with Gasteiger partial charge in [-0.1, -0.05) is 12.1 Å². The number of benzene rings is 1. The molecule has 0 aliphatic carbocycles. The van der Waals surface area contributed by atoms with Gasteiger partial charge in [0, 0.05) is 17.8 Å². The van der Waals surface area contributed by atoms with Gasteiger partial charge in [-0.15, -0.1) is 0 Å². The van der Waals surface area contributed by atoms with Crippen molar-refractivity contribution in [2.75, 3.05) is 5.32 Å². The van der Waals surface area contributed by atoms with Crippen LogP contribution in [0.1, 0.15) is 25.0 Å². The molecule has 0 spiro atoms. The first-order chi connectivity index (χ1) is 6.11. The molecule has 0 fully saturated rings. The first-order valence-electron chi connectivity index (χ1n) is 4.71. The highest BCUT2D eigenvalue weighted by Gasteiger charge is 2.26. The van der Waals surface area contributed by atoms with E-state index in [0.29, 0.717) is 6.54 Å². The van der Waals surface area contributed by atoms with Crippen molar-refractivity contribution in [2.45, 2.75) is 32.4 Å². The topological polar surface area (TPSA) is 38.0 Å². The SMILES string of the molecule is CC1(C)Cc2ccc(CN)cc2N1. The summed E-state index contributed by atoms with van der Waals surface area (Å²) < 4.78 is 0. The molecule has 0 atom stereocenters. The number of anilines is 1. The Bertz CT molecular complexity index is 329. The van der Waals surface area contributed by atoms with E-state index in [9.17, 15) is 0 Å². The zero-order valence-corrected chi connectivity index (χ0v) is 8.22. The summed E-state index contributed by atoms with van der Waals surface area (Å²) in [6.07, 6.45) is 1.10. The highest BCUT2D eigenvalue weighted by molar-refractivity contribution is 5.59. The normalized spacial score (nSPS) is 18.1. The molecule has 2 nitrogen and oxygen atoms in total.